The van der Waals surface area contributed by atoms with Crippen LogP contribution in [-0.2, 0) is 6.42 Å². The Morgan fingerprint density at radius 3 is 2.23 bits per heavy atom. The summed E-state index contributed by atoms with van der Waals surface area (Å²) in [4.78, 5) is 30.1. The minimum Gasteiger partial charge on any atom is -0.352 e. The lowest BCUT2D eigenvalue weighted by molar-refractivity contribution is 0.0942. The first-order valence-corrected chi connectivity index (χ1v) is 11.0. The standard InChI is InChI=1S/C26H22N2O2S/c1-18-28-24(17-31-18)20-13-11-19(12-14-20)15-16-27-26(30)23-10-6-5-9-22(23)25(29)21-7-3-2-4-8-21/h2-14,17H,15-16H2,1H3,(H,27,30). The number of rotatable bonds is 7. The Labute approximate surface area is 185 Å². The second kappa shape index (κ2) is 9.49. The molecule has 0 fully saturated rings. The minimum atomic E-state index is -0.241. The van der Waals surface area contributed by atoms with Gasteiger partial charge in [-0.05, 0) is 25.0 Å². The van der Waals surface area contributed by atoms with E-state index < -0.39 is 0 Å². The van der Waals surface area contributed by atoms with Crippen molar-refractivity contribution >= 4 is 23.0 Å². The fourth-order valence-electron chi connectivity index (χ4n) is 3.38. The SMILES string of the molecule is Cc1nc(-c2ccc(CCNC(=O)c3ccccc3C(=O)c3ccccc3)cc2)cs1. The fourth-order valence-corrected chi connectivity index (χ4v) is 4.00. The van der Waals surface area contributed by atoms with Gasteiger partial charge in [0.25, 0.3) is 5.91 Å². The summed E-state index contributed by atoms with van der Waals surface area (Å²) in [5.74, 6) is -0.395. The van der Waals surface area contributed by atoms with E-state index >= 15 is 0 Å². The molecule has 0 atom stereocenters. The van der Waals surface area contributed by atoms with Crippen LogP contribution in [0.15, 0.2) is 84.2 Å². The van der Waals surface area contributed by atoms with Gasteiger partial charge in [-0.15, -0.1) is 11.3 Å². The van der Waals surface area contributed by atoms with Gasteiger partial charge in [0.1, 0.15) is 0 Å². The van der Waals surface area contributed by atoms with Crippen LogP contribution in [0.4, 0.5) is 0 Å². The second-order valence-electron chi connectivity index (χ2n) is 7.20. The maximum absolute atomic E-state index is 12.8. The van der Waals surface area contributed by atoms with Crippen LogP contribution in [0.25, 0.3) is 11.3 Å². The number of thiazole rings is 1. The third-order valence-electron chi connectivity index (χ3n) is 5.02. The molecule has 4 aromatic rings. The predicted molar refractivity (Wildman–Crippen MR) is 125 cm³/mol. The first-order chi connectivity index (χ1) is 15.1. The van der Waals surface area contributed by atoms with Gasteiger partial charge in [0.15, 0.2) is 5.78 Å². The Balaban J connectivity index is 1.39. The quantitative estimate of drug-likeness (QED) is 0.407. The number of aryl methyl sites for hydroxylation is 1. The van der Waals surface area contributed by atoms with Gasteiger partial charge in [-0.3, -0.25) is 9.59 Å². The van der Waals surface area contributed by atoms with E-state index in [1.54, 1.807) is 47.7 Å². The summed E-state index contributed by atoms with van der Waals surface area (Å²) in [5.41, 5.74) is 4.58. The zero-order valence-corrected chi connectivity index (χ0v) is 18.0. The number of aromatic nitrogens is 1. The molecule has 0 aliphatic heterocycles. The highest BCUT2D eigenvalue weighted by Gasteiger charge is 2.17. The van der Waals surface area contributed by atoms with Crippen molar-refractivity contribution in [2.75, 3.05) is 6.54 Å². The summed E-state index contributed by atoms with van der Waals surface area (Å²) >= 11 is 1.64. The van der Waals surface area contributed by atoms with Gasteiger partial charge in [0.05, 0.1) is 16.3 Å². The largest absolute Gasteiger partial charge is 0.352 e. The molecule has 0 radical (unpaired) electrons. The zero-order valence-electron chi connectivity index (χ0n) is 17.2. The van der Waals surface area contributed by atoms with Crippen molar-refractivity contribution < 1.29 is 9.59 Å². The molecule has 0 bridgehead atoms. The van der Waals surface area contributed by atoms with Crippen LogP contribution in [0.1, 0.15) is 36.9 Å². The highest BCUT2D eigenvalue weighted by atomic mass is 32.1. The van der Waals surface area contributed by atoms with E-state index in [2.05, 4.69) is 39.9 Å². The predicted octanol–water partition coefficient (Wildman–Crippen LogP) is 5.32. The Morgan fingerprint density at radius 1 is 0.871 bits per heavy atom. The summed E-state index contributed by atoms with van der Waals surface area (Å²) in [6.07, 6.45) is 0.705. The van der Waals surface area contributed by atoms with Crippen molar-refractivity contribution in [2.45, 2.75) is 13.3 Å². The summed E-state index contributed by atoms with van der Waals surface area (Å²) in [5, 5.41) is 6.05. The molecule has 5 heteroatoms. The van der Waals surface area contributed by atoms with Crippen molar-refractivity contribution in [2.24, 2.45) is 0 Å². The molecule has 0 saturated heterocycles. The Bertz CT molecular complexity index is 1200. The lowest BCUT2D eigenvalue weighted by atomic mass is 9.98. The maximum Gasteiger partial charge on any atom is 0.252 e. The van der Waals surface area contributed by atoms with Crippen molar-refractivity contribution in [3.8, 4) is 11.3 Å². The molecule has 0 spiro atoms. The first kappa shape index (κ1) is 20.7. The van der Waals surface area contributed by atoms with Crippen LogP contribution in [0.2, 0.25) is 0 Å². The minimum absolute atomic E-state index is 0.154. The molecule has 1 amide bonds. The van der Waals surface area contributed by atoms with Gasteiger partial charge >= 0.3 is 0 Å². The summed E-state index contributed by atoms with van der Waals surface area (Å²) < 4.78 is 0. The number of hydrogen-bond acceptors (Lipinski definition) is 4. The average Bonchev–Trinajstić information content (AvgIpc) is 3.26. The van der Waals surface area contributed by atoms with Crippen LogP contribution >= 0.6 is 11.3 Å². The number of amides is 1. The van der Waals surface area contributed by atoms with E-state index in [1.165, 1.54) is 0 Å². The number of carbonyl (C=O) groups is 2. The van der Waals surface area contributed by atoms with E-state index in [-0.39, 0.29) is 11.7 Å². The lowest BCUT2D eigenvalue weighted by Crippen LogP contribution is -2.27. The Kier molecular flexibility index (Phi) is 6.34. The van der Waals surface area contributed by atoms with Crippen molar-refractivity contribution in [3.05, 3.63) is 112 Å². The smallest absolute Gasteiger partial charge is 0.252 e. The molecule has 31 heavy (non-hydrogen) atoms. The number of carbonyl (C=O) groups excluding carboxylic acids is 2. The molecule has 1 aromatic heterocycles. The molecule has 4 nitrogen and oxygen atoms in total. The molecule has 0 aliphatic rings. The summed E-state index contributed by atoms with van der Waals surface area (Å²) in [6, 6.07) is 24.2. The molecule has 1 N–H and O–H groups in total. The second-order valence-corrected chi connectivity index (χ2v) is 8.26. The molecule has 0 aliphatic carbocycles. The zero-order chi connectivity index (χ0) is 21.6. The van der Waals surface area contributed by atoms with Gasteiger partial charge in [0.2, 0.25) is 0 Å². The van der Waals surface area contributed by atoms with Crippen LogP contribution < -0.4 is 5.32 Å². The molecule has 4 rings (SSSR count). The Hall–Kier alpha value is -3.57. The average molecular weight is 427 g/mol. The number of nitrogens with one attached hydrogen (secondary N) is 1. The van der Waals surface area contributed by atoms with Gasteiger partial charge < -0.3 is 5.32 Å². The molecule has 1 heterocycles. The number of hydrogen-bond donors (Lipinski definition) is 1. The molecule has 0 saturated carbocycles. The van der Waals surface area contributed by atoms with E-state index in [0.29, 0.717) is 29.7 Å². The van der Waals surface area contributed by atoms with Crippen LogP contribution in [0.5, 0.6) is 0 Å². The van der Waals surface area contributed by atoms with E-state index in [1.807, 2.05) is 25.1 Å². The molecule has 0 unspecified atom stereocenters. The first-order valence-electron chi connectivity index (χ1n) is 10.1. The molecular weight excluding hydrogens is 404 g/mol. The van der Waals surface area contributed by atoms with Crippen molar-refractivity contribution in [1.29, 1.82) is 0 Å². The molecule has 154 valence electrons. The Morgan fingerprint density at radius 2 is 1.55 bits per heavy atom. The third kappa shape index (κ3) is 4.95. The van der Waals surface area contributed by atoms with Gasteiger partial charge in [-0.2, -0.15) is 0 Å². The van der Waals surface area contributed by atoms with Crippen molar-refractivity contribution in [1.82, 2.24) is 10.3 Å². The van der Waals surface area contributed by atoms with E-state index in [0.717, 1.165) is 21.8 Å². The van der Waals surface area contributed by atoms with Crippen LogP contribution in [0, 0.1) is 6.92 Å². The monoisotopic (exact) mass is 426 g/mol. The highest BCUT2D eigenvalue weighted by Crippen LogP contribution is 2.22. The van der Waals surface area contributed by atoms with Gasteiger partial charge in [-0.25, -0.2) is 4.98 Å². The number of benzene rings is 3. The number of nitrogens with zero attached hydrogens (tertiary/aromatic N) is 1. The van der Waals surface area contributed by atoms with E-state index in [4.69, 9.17) is 0 Å². The van der Waals surface area contributed by atoms with E-state index in [9.17, 15) is 9.59 Å². The molecule has 3 aromatic carbocycles. The van der Waals surface area contributed by atoms with Crippen molar-refractivity contribution in [3.63, 3.8) is 0 Å². The van der Waals surface area contributed by atoms with Crippen LogP contribution in [0.3, 0.4) is 0 Å². The fraction of sp³-hybridized carbons (Fsp3) is 0.115. The summed E-state index contributed by atoms with van der Waals surface area (Å²) in [6.45, 7) is 2.48. The highest BCUT2D eigenvalue weighted by molar-refractivity contribution is 7.09. The maximum atomic E-state index is 12.8. The third-order valence-corrected chi connectivity index (χ3v) is 5.79. The summed E-state index contributed by atoms with van der Waals surface area (Å²) in [7, 11) is 0. The molecular formula is C26H22N2O2S. The lowest BCUT2D eigenvalue weighted by Gasteiger charge is -2.10. The normalized spacial score (nSPS) is 10.6. The van der Waals surface area contributed by atoms with Crippen LogP contribution in [-0.4, -0.2) is 23.2 Å². The van der Waals surface area contributed by atoms with Gasteiger partial charge in [0, 0.05) is 28.6 Å². The van der Waals surface area contributed by atoms with Gasteiger partial charge in [-0.1, -0.05) is 72.8 Å². The number of ketones is 1. The topological polar surface area (TPSA) is 59.1 Å².